The van der Waals surface area contributed by atoms with Crippen LogP contribution < -0.4 is 5.32 Å². The molecule has 0 unspecified atom stereocenters. The normalized spacial score (nSPS) is 10.4. The molecule has 6 nitrogen and oxygen atoms in total. The molecule has 0 saturated carbocycles. The molecule has 1 aromatic carbocycles. The van der Waals surface area contributed by atoms with Gasteiger partial charge in [-0.15, -0.1) is 0 Å². The first-order valence-corrected chi connectivity index (χ1v) is 5.13. The Labute approximate surface area is 97.9 Å². The van der Waals surface area contributed by atoms with E-state index >= 15 is 0 Å². The molecule has 0 aliphatic rings. The van der Waals surface area contributed by atoms with Crippen molar-refractivity contribution in [2.45, 2.75) is 6.61 Å². The van der Waals surface area contributed by atoms with E-state index in [-0.39, 0.29) is 13.3 Å². The largest absolute Gasteiger partial charge is 0.441 e. The van der Waals surface area contributed by atoms with Crippen LogP contribution in [0.3, 0.4) is 0 Å². The molecule has 1 amide bonds. The standard InChI is InChI=1S/C11H13N3O3/c1-16-7-12-11(15)17-6-10-13-8-4-2-3-5-9(8)14-10/h2-5H,6-7H2,1H3,(H,12,15)(H,13,14). The molecule has 0 aliphatic carbocycles. The van der Waals surface area contributed by atoms with Crippen molar-refractivity contribution in [3.05, 3.63) is 30.1 Å². The number of aromatic nitrogens is 2. The van der Waals surface area contributed by atoms with Gasteiger partial charge in [-0.1, -0.05) is 12.1 Å². The second-order valence-corrected chi connectivity index (χ2v) is 3.39. The fourth-order valence-corrected chi connectivity index (χ4v) is 1.39. The molecule has 0 saturated heterocycles. The summed E-state index contributed by atoms with van der Waals surface area (Å²) in [5.41, 5.74) is 1.77. The van der Waals surface area contributed by atoms with Crippen molar-refractivity contribution in [3.63, 3.8) is 0 Å². The van der Waals surface area contributed by atoms with Gasteiger partial charge >= 0.3 is 6.09 Å². The van der Waals surface area contributed by atoms with Crippen LogP contribution in [0.1, 0.15) is 5.82 Å². The monoisotopic (exact) mass is 235 g/mol. The van der Waals surface area contributed by atoms with Crippen LogP contribution in [0.15, 0.2) is 24.3 Å². The average Bonchev–Trinajstić information content (AvgIpc) is 2.76. The van der Waals surface area contributed by atoms with Crippen LogP contribution in [0, 0.1) is 0 Å². The second kappa shape index (κ2) is 5.31. The number of hydrogen-bond acceptors (Lipinski definition) is 4. The minimum absolute atomic E-state index is 0.101. The molecule has 0 aliphatic heterocycles. The molecule has 0 atom stereocenters. The molecule has 2 N–H and O–H groups in total. The molecule has 2 rings (SSSR count). The lowest BCUT2D eigenvalue weighted by molar-refractivity contribution is 0.113. The molecule has 0 bridgehead atoms. The first-order valence-electron chi connectivity index (χ1n) is 5.13. The molecule has 0 fully saturated rings. The number of nitrogens with zero attached hydrogens (tertiary/aromatic N) is 1. The maximum Gasteiger partial charge on any atom is 0.409 e. The van der Waals surface area contributed by atoms with Crippen LogP contribution in [0.2, 0.25) is 0 Å². The summed E-state index contributed by atoms with van der Waals surface area (Å²) < 4.78 is 9.61. The first kappa shape index (κ1) is 11.4. The van der Waals surface area contributed by atoms with Crippen molar-refractivity contribution in [1.29, 1.82) is 0 Å². The molecule has 17 heavy (non-hydrogen) atoms. The Kier molecular flexibility index (Phi) is 3.56. The van der Waals surface area contributed by atoms with Crippen LogP contribution >= 0.6 is 0 Å². The number of methoxy groups -OCH3 is 1. The highest BCUT2D eigenvalue weighted by atomic mass is 16.6. The van der Waals surface area contributed by atoms with Crippen molar-refractivity contribution >= 4 is 17.1 Å². The van der Waals surface area contributed by atoms with E-state index in [0.717, 1.165) is 11.0 Å². The molecular formula is C11H13N3O3. The number of carbonyl (C=O) groups excluding carboxylic acids is 1. The van der Waals surface area contributed by atoms with Crippen LogP contribution in [0.4, 0.5) is 4.79 Å². The third-order valence-electron chi connectivity index (χ3n) is 2.14. The van der Waals surface area contributed by atoms with E-state index in [4.69, 9.17) is 4.74 Å². The number of fused-ring (bicyclic) bond motifs is 1. The summed E-state index contributed by atoms with van der Waals surface area (Å²) in [6.07, 6.45) is -0.535. The second-order valence-electron chi connectivity index (χ2n) is 3.39. The Bertz CT molecular complexity index is 476. The summed E-state index contributed by atoms with van der Waals surface area (Å²) in [7, 11) is 1.49. The lowest BCUT2D eigenvalue weighted by Gasteiger charge is -2.03. The summed E-state index contributed by atoms with van der Waals surface area (Å²) in [6, 6.07) is 7.62. The van der Waals surface area contributed by atoms with Gasteiger partial charge in [-0.25, -0.2) is 9.78 Å². The predicted molar refractivity (Wildman–Crippen MR) is 61.3 cm³/mol. The molecule has 1 heterocycles. The van der Waals surface area contributed by atoms with Gasteiger partial charge in [0, 0.05) is 7.11 Å². The SMILES string of the molecule is COCNC(=O)OCc1nc2ccccc2[nH]1. The van der Waals surface area contributed by atoms with Gasteiger partial charge in [-0.2, -0.15) is 0 Å². The predicted octanol–water partition coefficient (Wildman–Crippen LogP) is 1.39. The van der Waals surface area contributed by atoms with Gasteiger partial charge in [0.15, 0.2) is 6.61 Å². The van der Waals surface area contributed by atoms with Crippen LogP contribution in [-0.2, 0) is 16.1 Å². The fourth-order valence-electron chi connectivity index (χ4n) is 1.39. The van der Waals surface area contributed by atoms with Crippen molar-refractivity contribution in [2.24, 2.45) is 0 Å². The third-order valence-corrected chi connectivity index (χ3v) is 2.14. The van der Waals surface area contributed by atoms with E-state index in [0.29, 0.717) is 5.82 Å². The molecule has 0 radical (unpaired) electrons. The number of hydrogen-bond donors (Lipinski definition) is 2. The smallest absolute Gasteiger partial charge is 0.409 e. The number of para-hydroxylation sites is 2. The Morgan fingerprint density at radius 2 is 2.29 bits per heavy atom. The van der Waals surface area contributed by atoms with E-state index in [2.05, 4.69) is 20.0 Å². The summed E-state index contributed by atoms with van der Waals surface area (Å²) in [4.78, 5) is 18.5. The number of carbonyl (C=O) groups is 1. The summed E-state index contributed by atoms with van der Waals surface area (Å²) in [6.45, 7) is 0.225. The van der Waals surface area contributed by atoms with Gasteiger partial charge in [0.2, 0.25) is 0 Å². The number of imidazole rings is 1. The minimum atomic E-state index is -0.535. The summed E-state index contributed by atoms with van der Waals surface area (Å²) in [5, 5.41) is 2.41. The van der Waals surface area contributed by atoms with Gasteiger partial charge in [0.25, 0.3) is 0 Å². The zero-order valence-electron chi connectivity index (χ0n) is 9.40. The molecule has 90 valence electrons. The minimum Gasteiger partial charge on any atom is -0.441 e. The molecule has 1 aromatic heterocycles. The van der Waals surface area contributed by atoms with E-state index in [1.165, 1.54) is 7.11 Å². The van der Waals surface area contributed by atoms with Crippen molar-refractivity contribution in [1.82, 2.24) is 15.3 Å². The number of amides is 1. The Hall–Kier alpha value is -2.08. The van der Waals surface area contributed by atoms with Crippen LogP contribution in [0.25, 0.3) is 11.0 Å². The molecular weight excluding hydrogens is 222 g/mol. The third kappa shape index (κ3) is 2.94. The van der Waals surface area contributed by atoms with Crippen LogP contribution in [0.5, 0.6) is 0 Å². The zero-order chi connectivity index (χ0) is 12.1. The van der Waals surface area contributed by atoms with E-state index in [9.17, 15) is 4.79 Å². The quantitative estimate of drug-likeness (QED) is 0.785. The Morgan fingerprint density at radius 1 is 1.47 bits per heavy atom. The number of aromatic amines is 1. The van der Waals surface area contributed by atoms with Gasteiger partial charge in [-0.3, -0.25) is 5.32 Å². The highest BCUT2D eigenvalue weighted by molar-refractivity contribution is 5.74. The van der Waals surface area contributed by atoms with Crippen molar-refractivity contribution in [2.75, 3.05) is 13.8 Å². The van der Waals surface area contributed by atoms with E-state index < -0.39 is 6.09 Å². The number of benzene rings is 1. The summed E-state index contributed by atoms with van der Waals surface area (Å²) in [5.74, 6) is 0.610. The van der Waals surface area contributed by atoms with Gasteiger partial charge in [-0.05, 0) is 12.1 Å². The maximum absolute atomic E-state index is 11.1. The van der Waals surface area contributed by atoms with Crippen molar-refractivity contribution < 1.29 is 14.3 Å². The van der Waals surface area contributed by atoms with Crippen LogP contribution in [-0.4, -0.2) is 29.9 Å². The average molecular weight is 235 g/mol. The number of nitrogens with one attached hydrogen (secondary N) is 2. The van der Waals surface area contributed by atoms with Crippen molar-refractivity contribution in [3.8, 4) is 0 Å². The van der Waals surface area contributed by atoms with Gasteiger partial charge in [0.1, 0.15) is 12.6 Å². The van der Waals surface area contributed by atoms with Gasteiger partial charge < -0.3 is 14.5 Å². The number of ether oxygens (including phenoxy) is 2. The maximum atomic E-state index is 11.1. The Balaban J connectivity index is 1.92. The summed E-state index contributed by atoms with van der Waals surface area (Å²) >= 11 is 0. The van der Waals surface area contributed by atoms with E-state index in [1.807, 2.05) is 24.3 Å². The molecule has 0 spiro atoms. The topological polar surface area (TPSA) is 76.2 Å². The first-order chi connectivity index (χ1) is 8.29. The number of H-pyrrole nitrogens is 1. The lowest BCUT2D eigenvalue weighted by Crippen LogP contribution is -2.26. The fraction of sp³-hybridized carbons (Fsp3) is 0.273. The molecule has 6 heteroatoms. The number of alkyl carbamates (subject to hydrolysis) is 1. The highest BCUT2D eigenvalue weighted by Crippen LogP contribution is 2.10. The van der Waals surface area contributed by atoms with E-state index in [1.54, 1.807) is 0 Å². The highest BCUT2D eigenvalue weighted by Gasteiger charge is 2.05. The Morgan fingerprint density at radius 3 is 3.06 bits per heavy atom. The number of rotatable bonds is 4. The lowest BCUT2D eigenvalue weighted by atomic mass is 10.3. The molecule has 2 aromatic rings. The van der Waals surface area contributed by atoms with Gasteiger partial charge in [0.05, 0.1) is 11.0 Å². The zero-order valence-corrected chi connectivity index (χ0v) is 9.40.